The highest BCUT2D eigenvalue weighted by atomic mass is 35.5. The van der Waals surface area contributed by atoms with Crippen molar-refractivity contribution in [3.8, 4) is 0 Å². The lowest BCUT2D eigenvalue weighted by Gasteiger charge is -2.03. The van der Waals surface area contributed by atoms with E-state index in [1.807, 2.05) is 6.92 Å². The molecule has 1 aromatic carbocycles. The first kappa shape index (κ1) is 12.4. The van der Waals surface area contributed by atoms with E-state index in [-0.39, 0.29) is 11.6 Å². The van der Waals surface area contributed by atoms with Crippen LogP contribution in [-0.4, -0.2) is 15.7 Å². The Kier molecular flexibility index (Phi) is 3.53. The molecule has 18 heavy (non-hydrogen) atoms. The van der Waals surface area contributed by atoms with Gasteiger partial charge in [-0.3, -0.25) is 9.48 Å². The molecule has 6 heteroatoms. The topological polar surface area (TPSA) is 72.9 Å². The average Bonchev–Trinajstić information content (AvgIpc) is 2.73. The Morgan fingerprint density at radius 3 is 2.67 bits per heavy atom. The number of anilines is 2. The van der Waals surface area contributed by atoms with Crippen molar-refractivity contribution in [2.24, 2.45) is 0 Å². The Morgan fingerprint density at radius 1 is 1.44 bits per heavy atom. The smallest absolute Gasteiger partial charge is 0.278 e. The van der Waals surface area contributed by atoms with Crippen LogP contribution in [-0.2, 0) is 6.54 Å². The summed E-state index contributed by atoms with van der Waals surface area (Å²) in [6, 6.07) is 6.83. The molecule has 1 aromatic heterocycles. The predicted octanol–water partition coefficient (Wildman–Crippen LogP) is 2.39. The molecule has 94 valence electrons. The number of hydrogen-bond donors (Lipinski definition) is 2. The van der Waals surface area contributed by atoms with Crippen molar-refractivity contribution in [3.05, 3.63) is 41.2 Å². The standard InChI is InChI=1S/C12H13ClN4O/c1-2-17-7-10(14)11(16-17)12(18)15-9-5-3-8(13)4-6-9/h3-7H,2,14H2,1H3,(H,15,18). The summed E-state index contributed by atoms with van der Waals surface area (Å²) in [6.45, 7) is 2.59. The van der Waals surface area contributed by atoms with Crippen LogP contribution < -0.4 is 11.1 Å². The summed E-state index contributed by atoms with van der Waals surface area (Å²) in [4.78, 5) is 11.9. The number of rotatable bonds is 3. The molecule has 0 unspecified atom stereocenters. The molecule has 0 fully saturated rings. The van der Waals surface area contributed by atoms with Crippen molar-refractivity contribution < 1.29 is 4.79 Å². The van der Waals surface area contributed by atoms with Gasteiger partial charge in [-0.25, -0.2) is 0 Å². The maximum absolute atomic E-state index is 11.9. The lowest BCUT2D eigenvalue weighted by atomic mass is 10.3. The van der Waals surface area contributed by atoms with Crippen LogP contribution in [0.3, 0.4) is 0 Å². The number of nitrogens with zero attached hydrogens (tertiary/aromatic N) is 2. The first-order chi connectivity index (χ1) is 8.60. The summed E-state index contributed by atoms with van der Waals surface area (Å²) in [5.41, 5.74) is 6.97. The third kappa shape index (κ3) is 2.62. The van der Waals surface area contributed by atoms with Crippen LogP contribution in [0.2, 0.25) is 5.02 Å². The van der Waals surface area contributed by atoms with Gasteiger partial charge in [-0.05, 0) is 31.2 Å². The van der Waals surface area contributed by atoms with Gasteiger partial charge in [-0.1, -0.05) is 11.6 Å². The molecule has 1 heterocycles. The number of carbonyl (C=O) groups excluding carboxylic acids is 1. The first-order valence-electron chi connectivity index (χ1n) is 5.50. The maximum Gasteiger partial charge on any atom is 0.278 e. The van der Waals surface area contributed by atoms with Crippen LogP contribution in [0.4, 0.5) is 11.4 Å². The zero-order valence-electron chi connectivity index (χ0n) is 9.85. The number of carbonyl (C=O) groups is 1. The van der Waals surface area contributed by atoms with Crippen LogP contribution in [0.5, 0.6) is 0 Å². The minimum absolute atomic E-state index is 0.229. The largest absolute Gasteiger partial charge is 0.396 e. The van der Waals surface area contributed by atoms with Crippen LogP contribution in [0.25, 0.3) is 0 Å². The number of amides is 1. The van der Waals surface area contributed by atoms with Crippen molar-refractivity contribution in [3.63, 3.8) is 0 Å². The third-order valence-corrected chi connectivity index (χ3v) is 2.68. The van der Waals surface area contributed by atoms with Crippen LogP contribution in [0.1, 0.15) is 17.4 Å². The molecule has 0 saturated carbocycles. The summed E-state index contributed by atoms with van der Waals surface area (Å²) in [5, 5.41) is 7.42. The van der Waals surface area contributed by atoms with Crippen LogP contribution in [0, 0.1) is 0 Å². The van der Waals surface area contributed by atoms with E-state index in [9.17, 15) is 4.79 Å². The lowest BCUT2D eigenvalue weighted by Crippen LogP contribution is -2.14. The van der Waals surface area contributed by atoms with Crippen molar-refractivity contribution in [2.75, 3.05) is 11.1 Å². The highest BCUT2D eigenvalue weighted by Gasteiger charge is 2.14. The van der Waals surface area contributed by atoms with Crippen LogP contribution >= 0.6 is 11.6 Å². The fourth-order valence-corrected chi connectivity index (χ4v) is 1.62. The minimum Gasteiger partial charge on any atom is -0.396 e. The van der Waals surface area contributed by atoms with Crippen LogP contribution in [0.15, 0.2) is 30.5 Å². The summed E-state index contributed by atoms with van der Waals surface area (Å²) in [5.74, 6) is -0.331. The zero-order chi connectivity index (χ0) is 13.1. The van der Waals surface area contributed by atoms with Gasteiger partial charge in [0.05, 0.1) is 5.69 Å². The van der Waals surface area contributed by atoms with Crippen molar-refractivity contribution in [1.29, 1.82) is 0 Å². The fraction of sp³-hybridized carbons (Fsp3) is 0.167. The maximum atomic E-state index is 11.9. The summed E-state index contributed by atoms with van der Waals surface area (Å²) < 4.78 is 1.62. The molecule has 0 atom stereocenters. The van der Waals surface area contributed by atoms with Gasteiger partial charge < -0.3 is 11.1 Å². The minimum atomic E-state index is -0.331. The van der Waals surface area contributed by atoms with Crippen molar-refractivity contribution in [2.45, 2.75) is 13.5 Å². The number of halogens is 1. The lowest BCUT2D eigenvalue weighted by molar-refractivity contribution is 0.102. The molecule has 0 aliphatic carbocycles. The number of aromatic nitrogens is 2. The fourth-order valence-electron chi connectivity index (χ4n) is 1.50. The summed E-state index contributed by atoms with van der Waals surface area (Å²) >= 11 is 5.76. The van der Waals surface area contributed by atoms with Gasteiger partial charge in [0.25, 0.3) is 5.91 Å². The Labute approximate surface area is 110 Å². The van der Waals surface area contributed by atoms with E-state index in [4.69, 9.17) is 17.3 Å². The van der Waals surface area contributed by atoms with Gasteiger partial charge in [0.1, 0.15) is 0 Å². The van der Waals surface area contributed by atoms with Crippen molar-refractivity contribution in [1.82, 2.24) is 9.78 Å². The van der Waals surface area contributed by atoms with Gasteiger partial charge >= 0.3 is 0 Å². The molecule has 0 aliphatic rings. The van der Waals surface area contributed by atoms with E-state index in [2.05, 4.69) is 10.4 Å². The van der Waals surface area contributed by atoms with E-state index in [1.165, 1.54) is 0 Å². The third-order valence-electron chi connectivity index (χ3n) is 2.43. The number of nitrogen functional groups attached to an aromatic ring is 1. The molecule has 3 N–H and O–H groups in total. The monoisotopic (exact) mass is 264 g/mol. The molecular formula is C12H13ClN4O. The first-order valence-corrected chi connectivity index (χ1v) is 5.87. The number of nitrogens with two attached hydrogens (primary N) is 1. The SMILES string of the molecule is CCn1cc(N)c(C(=O)Nc2ccc(Cl)cc2)n1. The number of hydrogen-bond acceptors (Lipinski definition) is 3. The highest BCUT2D eigenvalue weighted by Crippen LogP contribution is 2.16. The number of nitrogens with one attached hydrogen (secondary N) is 1. The Hall–Kier alpha value is -2.01. The Balaban J connectivity index is 2.16. The second kappa shape index (κ2) is 5.10. The molecule has 2 aromatic rings. The molecule has 2 rings (SSSR count). The van der Waals surface area contributed by atoms with E-state index in [1.54, 1.807) is 35.1 Å². The molecule has 0 radical (unpaired) electrons. The van der Waals surface area contributed by atoms with Gasteiger partial charge in [-0.2, -0.15) is 5.10 Å². The Bertz CT molecular complexity index is 562. The van der Waals surface area contributed by atoms with Gasteiger partial charge in [0.15, 0.2) is 5.69 Å². The van der Waals surface area contributed by atoms with Gasteiger partial charge in [-0.15, -0.1) is 0 Å². The van der Waals surface area contributed by atoms with Gasteiger partial charge in [0.2, 0.25) is 0 Å². The second-order valence-corrected chi connectivity index (χ2v) is 4.19. The van der Waals surface area contributed by atoms with E-state index in [0.29, 0.717) is 22.9 Å². The molecule has 0 aliphatic heterocycles. The zero-order valence-corrected chi connectivity index (χ0v) is 10.6. The number of benzene rings is 1. The van der Waals surface area contributed by atoms with E-state index < -0.39 is 0 Å². The van der Waals surface area contributed by atoms with Crippen molar-refractivity contribution >= 4 is 28.9 Å². The Morgan fingerprint density at radius 2 is 2.11 bits per heavy atom. The normalized spacial score (nSPS) is 10.3. The quantitative estimate of drug-likeness (QED) is 0.894. The highest BCUT2D eigenvalue weighted by molar-refractivity contribution is 6.30. The number of aryl methyl sites for hydroxylation is 1. The van der Waals surface area contributed by atoms with E-state index >= 15 is 0 Å². The second-order valence-electron chi connectivity index (χ2n) is 3.75. The summed E-state index contributed by atoms with van der Waals surface area (Å²) in [6.07, 6.45) is 1.64. The molecule has 0 spiro atoms. The van der Waals surface area contributed by atoms with E-state index in [0.717, 1.165) is 0 Å². The molecule has 5 nitrogen and oxygen atoms in total. The molecule has 1 amide bonds. The predicted molar refractivity (Wildman–Crippen MR) is 71.7 cm³/mol. The molecule has 0 saturated heterocycles. The molecular weight excluding hydrogens is 252 g/mol. The van der Waals surface area contributed by atoms with Gasteiger partial charge in [0, 0.05) is 23.5 Å². The molecule has 0 bridgehead atoms. The summed E-state index contributed by atoms with van der Waals surface area (Å²) in [7, 11) is 0. The average molecular weight is 265 g/mol.